The molecular formula is C14H17NO4. The third-order valence-electron chi connectivity index (χ3n) is 2.25. The summed E-state index contributed by atoms with van der Waals surface area (Å²) in [5.41, 5.74) is 0.939. The van der Waals surface area contributed by atoms with Gasteiger partial charge in [0.25, 0.3) is 0 Å². The molecule has 3 N–H and O–H groups in total. The van der Waals surface area contributed by atoms with Crippen LogP contribution >= 0.6 is 0 Å². The average Bonchev–Trinajstić information content (AvgIpc) is 2.64. The number of hydrogen-bond acceptors (Lipinski definition) is 5. The molecule has 1 aliphatic rings. The van der Waals surface area contributed by atoms with Crippen molar-refractivity contribution in [2.45, 2.75) is 6.42 Å². The van der Waals surface area contributed by atoms with E-state index in [1.165, 1.54) is 0 Å². The Bertz CT molecular complexity index is 470. The molecule has 1 aliphatic heterocycles. The Morgan fingerprint density at radius 1 is 1.47 bits per heavy atom. The van der Waals surface area contributed by atoms with Crippen molar-refractivity contribution in [3.05, 3.63) is 59.9 Å². The first-order valence-electron chi connectivity index (χ1n) is 5.72. The molecule has 0 spiro atoms. The number of nitrogens with zero attached hydrogens (tertiary/aromatic N) is 1. The zero-order chi connectivity index (χ0) is 14.1. The van der Waals surface area contributed by atoms with E-state index >= 15 is 0 Å². The fourth-order valence-corrected chi connectivity index (χ4v) is 1.25. The van der Waals surface area contributed by atoms with E-state index in [1.54, 1.807) is 12.4 Å². The molecule has 0 amide bonds. The minimum Gasteiger partial charge on any atom is -0.508 e. The van der Waals surface area contributed by atoms with Crippen molar-refractivity contribution in [1.29, 1.82) is 0 Å². The first-order chi connectivity index (χ1) is 9.13. The summed E-state index contributed by atoms with van der Waals surface area (Å²) in [5, 5.41) is 27.4. The first kappa shape index (κ1) is 14.8. The lowest BCUT2D eigenvalue weighted by molar-refractivity contribution is 0.215. The lowest BCUT2D eigenvalue weighted by Gasteiger charge is -2.09. The highest BCUT2D eigenvalue weighted by atomic mass is 16.5. The number of aliphatic imine (C=N–C) groups is 1. The molecule has 0 aromatic rings. The fraction of sp³-hybridized carbons (Fsp3) is 0.214. The smallest absolute Gasteiger partial charge is 0.160 e. The predicted molar refractivity (Wildman–Crippen MR) is 73.9 cm³/mol. The van der Waals surface area contributed by atoms with Gasteiger partial charge in [-0.25, -0.2) is 0 Å². The monoisotopic (exact) mass is 263 g/mol. The number of aliphatic hydroxyl groups excluding tert-OH is 3. The number of aliphatic hydroxyl groups is 3. The Balaban J connectivity index is 2.51. The minimum atomic E-state index is -0.319. The van der Waals surface area contributed by atoms with Crippen LogP contribution in [-0.4, -0.2) is 34.7 Å². The fourth-order valence-electron chi connectivity index (χ4n) is 1.25. The molecule has 0 saturated carbocycles. The zero-order valence-corrected chi connectivity index (χ0v) is 10.5. The maximum atomic E-state index is 9.59. The van der Waals surface area contributed by atoms with Crippen molar-refractivity contribution < 1.29 is 20.1 Å². The highest BCUT2D eigenvalue weighted by Crippen LogP contribution is 2.13. The van der Waals surface area contributed by atoms with Gasteiger partial charge in [0.2, 0.25) is 0 Å². The van der Waals surface area contributed by atoms with Crippen LogP contribution in [-0.2, 0) is 4.74 Å². The molecule has 5 heteroatoms. The third-order valence-corrected chi connectivity index (χ3v) is 2.25. The second-order valence-electron chi connectivity index (χ2n) is 3.77. The number of hydrogen-bond donors (Lipinski definition) is 3. The molecule has 102 valence electrons. The predicted octanol–water partition coefficient (Wildman–Crippen LogP) is 2.31. The van der Waals surface area contributed by atoms with E-state index in [0.29, 0.717) is 6.42 Å². The average molecular weight is 263 g/mol. The molecule has 0 fully saturated rings. The molecule has 0 aliphatic carbocycles. The Labute approximate surface area is 111 Å². The van der Waals surface area contributed by atoms with Crippen LogP contribution in [0.5, 0.6) is 0 Å². The van der Waals surface area contributed by atoms with Crippen molar-refractivity contribution in [1.82, 2.24) is 0 Å². The van der Waals surface area contributed by atoms with E-state index < -0.39 is 0 Å². The van der Waals surface area contributed by atoms with Crippen molar-refractivity contribution in [3.8, 4) is 0 Å². The van der Waals surface area contributed by atoms with Gasteiger partial charge in [0.1, 0.15) is 12.4 Å². The van der Waals surface area contributed by atoms with Crippen molar-refractivity contribution in [3.63, 3.8) is 0 Å². The van der Waals surface area contributed by atoms with E-state index in [0.717, 1.165) is 17.7 Å². The van der Waals surface area contributed by atoms with E-state index in [9.17, 15) is 10.2 Å². The van der Waals surface area contributed by atoms with Crippen LogP contribution in [0.4, 0.5) is 0 Å². The van der Waals surface area contributed by atoms with E-state index in [1.807, 2.05) is 12.2 Å². The van der Waals surface area contributed by atoms with Gasteiger partial charge in [-0.3, -0.25) is 4.99 Å². The normalized spacial score (nSPS) is 15.9. The van der Waals surface area contributed by atoms with Gasteiger partial charge in [-0.15, -0.1) is 0 Å². The van der Waals surface area contributed by atoms with Crippen LogP contribution < -0.4 is 0 Å². The van der Waals surface area contributed by atoms with E-state index in [4.69, 9.17) is 9.84 Å². The van der Waals surface area contributed by atoms with Crippen LogP contribution in [0, 0.1) is 0 Å². The highest BCUT2D eigenvalue weighted by molar-refractivity contribution is 5.72. The van der Waals surface area contributed by atoms with Gasteiger partial charge >= 0.3 is 0 Å². The number of rotatable bonds is 6. The van der Waals surface area contributed by atoms with Crippen molar-refractivity contribution in [2.75, 3.05) is 13.2 Å². The summed E-state index contributed by atoms with van der Waals surface area (Å²) < 4.78 is 5.29. The summed E-state index contributed by atoms with van der Waals surface area (Å²) in [6.07, 6.45) is 10.1. The van der Waals surface area contributed by atoms with Gasteiger partial charge in [-0.2, -0.15) is 0 Å². The topological polar surface area (TPSA) is 82.3 Å². The lowest BCUT2D eigenvalue weighted by atomic mass is 10.2. The Hall–Kier alpha value is -2.27. The largest absolute Gasteiger partial charge is 0.508 e. The molecule has 0 unspecified atom stereocenters. The summed E-state index contributed by atoms with van der Waals surface area (Å²) in [7, 11) is 0. The van der Waals surface area contributed by atoms with Gasteiger partial charge in [-0.05, 0) is 24.1 Å². The van der Waals surface area contributed by atoms with Gasteiger partial charge < -0.3 is 20.1 Å². The molecule has 1 rings (SSSR count). The number of ether oxygens (including phenoxy) is 1. The second-order valence-corrected chi connectivity index (χ2v) is 3.77. The Kier molecular flexibility index (Phi) is 6.18. The van der Waals surface area contributed by atoms with Crippen LogP contribution in [0.2, 0.25) is 0 Å². The summed E-state index contributed by atoms with van der Waals surface area (Å²) >= 11 is 0. The van der Waals surface area contributed by atoms with Crippen molar-refractivity contribution >= 4 is 6.21 Å². The number of allylic oxidation sites excluding steroid dienone is 3. The Morgan fingerprint density at radius 3 is 3.00 bits per heavy atom. The standard InChI is InChI=1S/C14H17NO4/c1-11(14(18)8-13(17)5-7-16)19-10-12-4-2-3-6-15-9-12/h2-3,5-6,8-9,16-18H,1,4,7,10H2/b13-5+,14-8+. The second kappa shape index (κ2) is 7.94. The Morgan fingerprint density at radius 2 is 2.26 bits per heavy atom. The third kappa shape index (κ3) is 5.74. The minimum absolute atomic E-state index is 0.0380. The molecule has 0 saturated heterocycles. The summed E-state index contributed by atoms with van der Waals surface area (Å²) in [5.74, 6) is -0.516. The van der Waals surface area contributed by atoms with Crippen LogP contribution in [0.3, 0.4) is 0 Å². The summed E-state index contributed by atoms with van der Waals surface area (Å²) in [6.45, 7) is 3.48. The maximum Gasteiger partial charge on any atom is 0.160 e. The van der Waals surface area contributed by atoms with Crippen LogP contribution in [0.1, 0.15) is 6.42 Å². The molecule has 19 heavy (non-hydrogen) atoms. The van der Waals surface area contributed by atoms with E-state index in [-0.39, 0.29) is 30.5 Å². The first-order valence-corrected chi connectivity index (χ1v) is 5.72. The highest BCUT2D eigenvalue weighted by Gasteiger charge is 2.05. The SMILES string of the molecule is C=C(OCC1=CN=CC=CC1)/C(O)=C\C(O)=C/CO. The molecule has 0 aromatic heterocycles. The lowest BCUT2D eigenvalue weighted by Crippen LogP contribution is -2.00. The van der Waals surface area contributed by atoms with Crippen LogP contribution in [0.25, 0.3) is 0 Å². The molecule has 0 radical (unpaired) electrons. The quantitative estimate of drug-likeness (QED) is 0.507. The molecule has 0 bridgehead atoms. The molecule has 0 aromatic carbocycles. The molecule has 0 atom stereocenters. The van der Waals surface area contributed by atoms with Gasteiger partial charge in [0.15, 0.2) is 11.5 Å². The summed E-state index contributed by atoms with van der Waals surface area (Å²) in [4.78, 5) is 4.01. The molecular weight excluding hydrogens is 246 g/mol. The molecule has 1 heterocycles. The molecule has 5 nitrogen and oxygen atoms in total. The van der Waals surface area contributed by atoms with E-state index in [2.05, 4.69) is 11.6 Å². The summed E-state index contributed by atoms with van der Waals surface area (Å²) in [6, 6.07) is 0. The maximum absolute atomic E-state index is 9.59. The van der Waals surface area contributed by atoms with Crippen molar-refractivity contribution in [2.24, 2.45) is 4.99 Å². The zero-order valence-electron chi connectivity index (χ0n) is 10.5. The van der Waals surface area contributed by atoms with Crippen LogP contribution in [0.15, 0.2) is 64.9 Å². The van der Waals surface area contributed by atoms with Gasteiger partial charge in [0, 0.05) is 18.5 Å². The van der Waals surface area contributed by atoms with Gasteiger partial charge in [-0.1, -0.05) is 12.7 Å². The van der Waals surface area contributed by atoms with Gasteiger partial charge in [0.05, 0.1) is 6.61 Å².